The van der Waals surface area contributed by atoms with Gasteiger partial charge >= 0.3 is 18.1 Å². The van der Waals surface area contributed by atoms with Crippen LogP contribution < -0.4 is 16.4 Å². The average molecular weight is 281 g/mol. The van der Waals surface area contributed by atoms with E-state index in [0.29, 0.717) is 0 Å². The number of alkyl carbamates (subject to hydrolysis) is 1. The molecule has 20 heavy (non-hydrogen) atoms. The normalized spacial score (nSPS) is 11.2. The highest BCUT2D eigenvalue weighted by Crippen LogP contribution is 2.00. The molecule has 1 aromatic carbocycles. The van der Waals surface area contributed by atoms with Gasteiger partial charge in [-0.2, -0.15) is 0 Å². The largest absolute Gasteiger partial charge is 0.480 e. The van der Waals surface area contributed by atoms with E-state index >= 15 is 0 Å². The highest BCUT2D eigenvalue weighted by molar-refractivity contribution is 5.81. The van der Waals surface area contributed by atoms with Crippen molar-refractivity contribution < 1.29 is 24.2 Å². The lowest BCUT2D eigenvalue weighted by Gasteiger charge is -2.14. The topological polar surface area (TPSA) is 131 Å². The summed E-state index contributed by atoms with van der Waals surface area (Å²) in [4.78, 5) is 32.8. The minimum Gasteiger partial charge on any atom is -0.480 e. The fourth-order valence-corrected chi connectivity index (χ4v) is 1.31. The van der Waals surface area contributed by atoms with Gasteiger partial charge in [-0.15, -0.1) is 0 Å². The Morgan fingerprint density at radius 2 is 1.90 bits per heavy atom. The van der Waals surface area contributed by atoms with Gasteiger partial charge in [-0.05, 0) is 5.56 Å². The number of nitrogens with one attached hydrogen (secondary N) is 2. The average Bonchev–Trinajstić information content (AvgIpc) is 2.41. The fraction of sp³-hybridized carbons (Fsp3) is 0.250. The molecule has 108 valence electrons. The van der Waals surface area contributed by atoms with Crippen LogP contribution in [0.5, 0.6) is 0 Å². The number of carboxylic acid groups (broad SMARTS) is 1. The quantitative estimate of drug-likeness (QED) is 0.584. The van der Waals surface area contributed by atoms with Crippen molar-refractivity contribution in [3.8, 4) is 0 Å². The molecule has 0 radical (unpaired) electrons. The van der Waals surface area contributed by atoms with E-state index in [1.165, 1.54) is 0 Å². The molecule has 0 aliphatic rings. The molecule has 0 heterocycles. The first-order valence-corrected chi connectivity index (χ1v) is 5.72. The number of nitrogens with two attached hydrogens (primary N) is 1. The Morgan fingerprint density at radius 3 is 2.45 bits per heavy atom. The molecule has 0 fully saturated rings. The van der Waals surface area contributed by atoms with Crippen LogP contribution in [0.1, 0.15) is 5.56 Å². The predicted octanol–water partition coefficient (Wildman–Crippen LogP) is 0.0343. The second-order valence-electron chi connectivity index (χ2n) is 3.84. The number of hydrogen-bond donors (Lipinski definition) is 4. The zero-order valence-electron chi connectivity index (χ0n) is 10.5. The van der Waals surface area contributed by atoms with Crippen LogP contribution in [0.25, 0.3) is 0 Å². The van der Waals surface area contributed by atoms with Crippen molar-refractivity contribution in [2.45, 2.75) is 12.6 Å². The Morgan fingerprint density at radius 1 is 1.25 bits per heavy atom. The first kappa shape index (κ1) is 15.3. The van der Waals surface area contributed by atoms with E-state index in [9.17, 15) is 14.4 Å². The molecule has 0 unspecified atom stereocenters. The van der Waals surface area contributed by atoms with E-state index in [1.807, 2.05) is 6.07 Å². The first-order valence-electron chi connectivity index (χ1n) is 5.72. The van der Waals surface area contributed by atoms with Gasteiger partial charge in [-0.25, -0.2) is 14.4 Å². The maximum atomic E-state index is 11.4. The van der Waals surface area contributed by atoms with Gasteiger partial charge in [-0.3, -0.25) is 0 Å². The van der Waals surface area contributed by atoms with Crippen LogP contribution in [0.3, 0.4) is 0 Å². The Kier molecular flexibility index (Phi) is 5.82. The summed E-state index contributed by atoms with van der Waals surface area (Å²) >= 11 is 0. The number of amides is 3. The third-order valence-electron chi connectivity index (χ3n) is 2.28. The molecule has 0 bridgehead atoms. The number of primary amides is 1. The van der Waals surface area contributed by atoms with Gasteiger partial charge in [0.25, 0.3) is 0 Å². The Balaban J connectivity index is 2.41. The van der Waals surface area contributed by atoms with Crippen molar-refractivity contribution in [1.29, 1.82) is 0 Å². The number of benzene rings is 1. The maximum Gasteiger partial charge on any atom is 0.408 e. The summed E-state index contributed by atoms with van der Waals surface area (Å²) < 4.78 is 4.86. The lowest BCUT2D eigenvalue weighted by molar-refractivity contribution is -0.139. The van der Waals surface area contributed by atoms with E-state index in [2.05, 4.69) is 10.6 Å². The van der Waals surface area contributed by atoms with Crippen molar-refractivity contribution >= 4 is 18.1 Å². The molecular weight excluding hydrogens is 266 g/mol. The van der Waals surface area contributed by atoms with Gasteiger partial charge in [-0.1, -0.05) is 30.3 Å². The van der Waals surface area contributed by atoms with Gasteiger partial charge in [0.1, 0.15) is 12.6 Å². The number of aliphatic carboxylic acids is 1. The summed E-state index contributed by atoms with van der Waals surface area (Å²) in [5, 5.41) is 13.1. The van der Waals surface area contributed by atoms with Crippen molar-refractivity contribution in [3.05, 3.63) is 35.9 Å². The van der Waals surface area contributed by atoms with Crippen molar-refractivity contribution in [1.82, 2.24) is 10.6 Å². The predicted molar refractivity (Wildman–Crippen MR) is 68.8 cm³/mol. The number of ether oxygens (including phenoxy) is 1. The Labute approximate surface area is 114 Å². The van der Waals surface area contributed by atoms with Crippen molar-refractivity contribution in [3.63, 3.8) is 0 Å². The molecule has 1 aromatic rings. The number of carbonyl (C=O) groups excluding carboxylic acids is 2. The lowest BCUT2D eigenvalue weighted by Crippen LogP contribution is -2.49. The second kappa shape index (κ2) is 7.62. The van der Waals surface area contributed by atoms with Gasteiger partial charge in [0.05, 0.1) is 6.54 Å². The van der Waals surface area contributed by atoms with Crippen molar-refractivity contribution in [2.24, 2.45) is 5.73 Å². The van der Waals surface area contributed by atoms with E-state index in [-0.39, 0.29) is 13.2 Å². The van der Waals surface area contributed by atoms with E-state index in [4.69, 9.17) is 15.6 Å². The molecule has 3 amide bonds. The second-order valence-corrected chi connectivity index (χ2v) is 3.84. The standard InChI is InChI=1S/C12H15N3O5/c13-11(18)14-6-9(10(16)17)15-12(19)20-7-8-4-2-1-3-5-8/h1-5,9H,6-7H2,(H,15,19)(H,16,17)(H3,13,14,18)/t9-/m0/s1. The Hall–Kier alpha value is -2.77. The number of hydrogen-bond acceptors (Lipinski definition) is 4. The lowest BCUT2D eigenvalue weighted by atomic mass is 10.2. The molecule has 0 aliphatic heterocycles. The zero-order chi connectivity index (χ0) is 15.0. The number of urea groups is 1. The van der Waals surface area contributed by atoms with Gasteiger partial charge in [0, 0.05) is 0 Å². The molecule has 0 aliphatic carbocycles. The monoisotopic (exact) mass is 281 g/mol. The molecule has 5 N–H and O–H groups in total. The van der Waals surface area contributed by atoms with Crippen LogP contribution in [0.2, 0.25) is 0 Å². The maximum absolute atomic E-state index is 11.4. The van der Waals surface area contributed by atoms with Gasteiger partial charge in [0.15, 0.2) is 0 Å². The van der Waals surface area contributed by atoms with Crippen LogP contribution >= 0.6 is 0 Å². The molecule has 0 saturated carbocycles. The third kappa shape index (κ3) is 5.71. The van der Waals surface area contributed by atoms with Crippen LogP contribution in [0.15, 0.2) is 30.3 Å². The molecular formula is C12H15N3O5. The summed E-state index contributed by atoms with van der Waals surface area (Å²) in [5.74, 6) is -1.31. The fourth-order valence-electron chi connectivity index (χ4n) is 1.31. The van der Waals surface area contributed by atoms with Crippen LogP contribution in [0.4, 0.5) is 9.59 Å². The summed E-state index contributed by atoms with van der Waals surface area (Å²) in [7, 11) is 0. The Bertz CT molecular complexity index is 477. The van der Waals surface area contributed by atoms with E-state index in [0.717, 1.165) is 5.56 Å². The smallest absolute Gasteiger partial charge is 0.408 e. The van der Waals surface area contributed by atoms with E-state index < -0.39 is 24.1 Å². The number of rotatable bonds is 6. The SMILES string of the molecule is NC(=O)NC[C@H](NC(=O)OCc1ccccc1)C(=O)O. The van der Waals surface area contributed by atoms with Gasteiger partial charge in [0.2, 0.25) is 0 Å². The highest BCUT2D eigenvalue weighted by Gasteiger charge is 2.20. The third-order valence-corrected chi connectivity index (χ3v) is 2.28. The minimum atomic E-state index is -1.31. The van der Waals surface area contributed by atoms with E-state index in [1.54, 1.807) is 24.3 Å². The summed E-state index contributed by atoms with van der Waals surface area (Å²) in [6, 6.07) is 6.72. The summed E-state index contributed by atoms with van der Waals surface area (Å²) in [5.41, 5.74) is 5.59. The molecule has 1 atom stereocenters. The molecule has 8 nitrogen and oxygen atoms in total. The van der Waals surface area contributed by atoms with Crippen LogP contribution in [0, 0.1) is 0 Å². The highest BCUT2D eigenvalue weighted by atomic mass is 16.5. The zero-order valence-corrected chi connectivity index (χ0v) is 10.5. The minimum absolute atomic E-state index is 0.0161. The molecule has 1 rings (SSSR count). The molecule has 8 heteroatoms. The van der Waals surface area contributed by atoms with Crippen LogP contribution in [-0.2, 0) is 16.1 Å². The van der Waals surface area contributed by atoms with Crippen molar-refractivity contribution in [2.75, 3.05) is 6.54 Å². The number of carbonyl (C=O) groups is 3. The number of carboxylic acids is 1. The van der Waals surface area contributed by atoms with Crippen LogP contribution in [-0.4, -0.2) is 35.8 Å². The molecule has 0 spiro atoms. The summed E-state index contributed by atoms with van der Waals surface area (Å²) in [6.45, 7) is -0.312. The first-order chi connectivity index (χ1) is 9.49. The molecule has 0 aromatic heterocycles. The van der Waals surface area contributed by atoms with Gasteiger partial charge < -0.3 is 26.2 Å². The summed E-state index contributed by atoms with van der Waals surface area (Å²) in [6.07, 6.45) is -0.896. The molecule has 0 saturated heterocycles.